The van der Waals surface area contributed by atoms with Crippen LogP contribution >= 0.6 is 27.7 Å². The van der Waals surface area contributed by atoms with E-state index in [1.807, 2.05) is 11.8 Å². The summed E-state index contributed by atoms with van der Waals surface area (Å²) in [6.45, 7) is 0. The Labute approximate surface area is 62.0 Å². The molecule has 8 heavy (non-hydrogen) atoms. The highest BCUT2D eigenvalue weighted by atomic mass is 79.9. The Morgan fingerprint density at radius 3 is 2.75 bits per heavy atom. The van der Waals surface area contributed by atoms with Crippen LogP contribution in [0.2, 0.25) is 0 Å². The van der Waals surface area contributed by atoms with Gasteiger partial charge < -0.3 is 5.11 Å². The fraction of sp³-hybridized carbons (Fsp3) is 1.00. The summed E-state index contributed by atoms with van der Waals surface area (Å²) < 4.78 is 0. The molecule has 0 aromatic heterocycles. The number of rotatable bonds is 0. The van der Waals surface area contributed by atoms with Crippen LogP contribution in [-0.4, -0.2) is 27.5 Å². The summed E-state index contributed by atoms with van der Waals surface area (Å²) in [5, 5.41) is 9.12. The number of aliphatic hydroxyl groups excluding tert-OH is 1. The third kappa shape index (κ3) is 1.64. The molecule has 0 bridgehead atoms. The summed E-state index contributed by atoms with van der Waals surface area (Å²) in [4.78, 5) is 0.334. The molecule has 1 saturated heterocycles. The van der Waals surface area contributed by atoms with Crippen molar-refractivity contribution in [1.29, 1.82) is 0 Å². The number of aliphatic hydroxyl groups is 1. The second kappa shape index (κ2) is 3.08. The molecule has 0 aromatic carbocycles. The van der Waals surface area contributed by atoms with Gasteiger partial charge in [0, 0.05) is 10.6 Å². The van der Waals surface area contributed by atoms with Crippen molar-refractivity contribution in [2.75, 3.05) is 11.5 Å². The molecule has 0 aromatic rings. The molecule has 1 fully saturated rings. The number of hydrogen-bond acceptors (Lipinski definition) is 2. The van der Waals surface area contributed by atoms with E-state index in [0.29, 0.717) is 4.83 Å². The van der Waals surface area contributed by atoms with Crippen molar-refractivity contribution in [2.45, 2.75) is 17.4 Å². The van der Waals surface area contributed by atoms with Gasteiger partial charge in [-0.3, -0.25) is 0 Å². The molecule has 1 aliphatic rings. The van der Waals surface area contributed by atoms with Crippen molar-refractivity contribution in [2.24, 2.45) is 0 Å². The average Bonchev–Trinajstić information content (AvgIpc) is 1.77. The van der Waals surface area contributed by atoms with Gasteiger partial charge in [-0.2, -0.15) is 11.8 Å². The Hall–Kier alpha value is 0.790. The van der Waals surface area contributed by atoms with Gasteiger partial charge in [-0.1, -0.05) is 15.9 Å². The Bertz CT molecular complexity index is 68.8. The van der Waals surface area contributed by atoms with E-state index in [1.54, 1.807) is 0 Å². The molecule has 1 nitrogen and oxygen atoms in total. The number of thioether (sulfide) groups is 1. The van der Waals surface area contributed by atoms with Crippen LogP contribution in [0.4, 0.5) is 0 Å². The fourth-order valence-electron chi connectivity index (χ4n) is 0.692. The first-order valence-electron chi connectivity index (χ1n) is 2.70. The molecular formula is C5H9BrOS. The summed E-state index contributed by atoms with van der Waals surface area (Å²) >= 11 is 5.28. The number of alkyl halides is 1. The van der Waals surface area contributed by atoms with Crippen LogP contribution < -0.4 is 0 Å². The van der Waals surface area contributed by atoms with E-state index in [0.717, 1.165) is 17.9 Å². The van der Waals surface area contributed by atoms with Gasteiger partial charge in [-0.25, -0.2) is 0 Å². The monoisotopic (exact) mass is 196 g/mol. The van der Waals surface area contributed by atoms with E-state index in [1.165, 1.54) is 0 Å². The molecular weight excluding hydrogens is 188 g/mol. The van der Waals surface area contributed by atoms with Crippen LogP contribution in [0.3, 0.4) is 0 Å². The van der Waals surface area contributed by atoms with Gasteiger partial charge in [0.2, 0.25) is 0 Å². The SMILES string of the molecule is OC1CCSCC1Br. The van der Waals surface area contributed by atoms with Crippen molar-refractivity contribution in [3.05, 3.63) is 0 Å². The molecule has 0 radical (unpaired) electrons. The normalized spacial score (nSPS) is 39.8. The summed E-state index contributed by atoms with van der Waals surface area (Å²) in [5.74, 6) is 2.17. The highest BCUT2D eigenvalue weighted by Crippen LogP contribution is 2.22. The van der Waals surface area contributed by atoms with Gasteiger partial charge in [0.15, 0.2) is 0 Å². The van der Waals surface area contributed by atoms with Gasteiger partial charge in [0.25, 0.3) is 0 Å². The first-order valence-corrected chi connectivity index (χ1v) is 4.77. The molecule has 2 unspecified atom stereocenters. The lowest BCUT2D eigenvalue weighted by Gasteiger charge is -2.21. The van der Waals surface area contributed by atoms with E-state index >= 15 is 0 Å². The topological polar surface area (TPSA) is 20.2 Å². The van der Waals surface area contributed by atoms with Crippen molar-refractivity contribution in [3.63, 3.8) is 0 Å². The molecule has 48 valence electrons. The van der Waals surface area contributed by atoms with E-state index in [-0.39, 0.29) is 6.10 Å². The van der Waals surface area contributed by atoms with Crippen molar-refractivity contribution < 1.29 is 5.11 Å². The molecule has 0 aliphatic carbocycles. The van der Waals surface area contributed by atoms with Crippen LogP contribution in [0.1, 0.15) is 6.42 Å². The predicted octanol–water partition coefficient (Wildman–Crippen LogP) is 1.25. The number of hydrogen-bond donors (Lipinski definition) is 1. The molecule has 0 spiro atoms. The van der Waals surface area contributed by atoms with Crippen LogP contribution in [-0.2, 0) is 0 Å². The largest absolute Gasteiger partial charge is 0.392 e. The molecule has 1 heterocycles. The molecule has 0 amide bonds. The summed E-state index contributed by atoms with van der Waals surface area (Å²) in [6, 6.07) is 0. The lowest BCUT2D eigenvalue weighted by atomic mass is 10.2. The average molecular weight is 197 g/mol. The summed E-state index contributed by atoms with van der Waals surface area (Å²) in [5.41, 5.74) is 0. The van der Waals surface area contributed by atoms with E-state index in [2.05, 4.69) is 15.9 Å². The second-order valence-corrected chi connectivity index (χ2v) is 4.27. The second-order valence-electron chi connectivity index (χ2n) is 1.95. The Kier molecular flexibility index (Phi) is 2.66. The molecule has 1 rings (SSSR count). The Balaban J connectivity index is 2.28. The zero-order valence-corrected chi connectivity index (χ0v) is 6.91. The predicted molar refractivity (Wildman–Crippen MR) is 40.7 cm³/mol. The minimum atomic E-state index is -0.101. The van der Waals surface area contributed by atoms with Gasteiger partial charge in [-0.05, 0) is 12.2 Å². The summed E-state index contributed by atoms with van der Waals surface area (Å²) in [7, 11) is 0. The highest BCUT2D eigenvalue weighted by Gasteiger charge is 2.19. The minimum absolute atomic E-state index is 0.101. The van der Waals surface area contributed by atoms with Gasteiger partial charge in [0.05, 0.1) is 6.10 Å². The highest BCUT2D eigenvalue weighted by molar-refractivity contribution is 9.09. The molecule has 1 aliphatic heterocycles. The standard InChI is InChI=1S/C5H9BrOS/c6-4-3-8-2-1-5(4)7/h4-5,7H,1-3H2. The maximum absolute atomic E-state index is 9.12. The molecule has 2 atom stereocenters. The van der Waals surface area contributed by atoms with E-state index in [4.69, 9.17) is 5.11 Å². The third-order valence-electron chi connectivity index (χ3n) is 1.25. The minimum Gasteiger partial charge on any atom is -0.392 e. The maximum Gasteiger partial charge on any atom is 0.0681 e. The van der Waals surface area contributed by atoms with Gasteiger partial charge in [-0.15, -0.1) is 0 Å². The van der Waals surface area contributed by atoms with Gasteiger partial charge in [0.1, 0.15) is 0 Å². The number of halogens is 1. The molecule has 0 saturated carbocycles. The van der Waals surface area contributed by atoms with Crippen LogP contribution in [0.5, 0.6) is 0 Å². The first-order chi connectivity index (χ1) is 3.80. The Morgan fingerprint density at radius 2 is 2.38 bits per heavy atom. The van der Waals surface area contributed by atoms with E-state index in [9.17, 15) is 0 Å². The van der Waals surface area contributed by atoms with Crippen LogP contribution in [0.15, 0.2) is 0 Å². The van der Waals surface area contributed by atoms with Crippen LogP contribution in [0, 0.1) is 0 Å². The Morgan fingerprint density at radius 1 is 1.62 bits per heavy atom. The third-order valence-corrected chi connectivity index (χ3v) is 3.73. The van der Waals surface area contributed by atoms with E-state index < -0.39 is 0 Å². The van der Waals surface area contributed by atoms with Crippen molar-refractivity contribution in [3.8, 4) is 0 Å². The lowest BCUT2D eigenvalue weighted by molar-refractivity contribution is 0.173. The smallest absolute Gasteiger partial charge is 0.0681 e. The van der Waals surface area contributed by atoms with Gasteiger partial charge >= 0.3 is 0 Å². The van der Waals surface area contributed by atoms with Crippen molar-refractivity contribution in [1.82, 2.24) is 0 Å². The maximum atomic E-state index is 9.12. The summed E-state index contributed by atoms with van der Waals surface area (Å²) in [6.07, 6.45) is 0.844. The quantitative estimate of drug-likeness (QED) is 0.589. The lowest BCUT2D eigenvalue weighted by Crippen LogP contribution is -2.27. The zero-order valence-electron chi connectivity index (χ0n) is 4.51. The van der Waals surface area contributed by atoms with Crippen LogP contribution in [0.25, 0.3) is 0 Å². The molecule has 1 N–H and O–H groups in total. The van der Waals surface area contributed by atoms with Crippen molar-refractivity contribution >= 4 is 27.7 Å². The molecule has 3 heteroatoms. The zero-order chi connectivity index (χ0) is 5.98. The fourth-order valence-corrected chi connectivity index (χ4v) is 2.54. The first kappa shape index (κ1) is 6.90.